The number of benzene rings is 3. The number of nitrogens with one attached hydrogen (secondary N) is 1. The molecule has 0 saturated carbocycles. The van der Waals surface area contributed by atoms with Crippen LogP contribution in [0.1, 0.15) is 37.4 Å². The Balaban J connectivity index is 1.23. The Morgan fingerprint density at radius 1 is 0.857 bits per heavy atom. The minimum absolute atomic E-state index is 0.0492. The van der Waals surface area contributed by atoms with Gasteiger partial charge in [-0.05, 0) is 48.0 Å². The number of aromatic hydroxyl groups is 2. The average molecular weight is 577 g/mol. The second-order valence-corrected chi connectivity index (χ2v) is 9.34. The monoisotopic (exact) mass is 576 g/mol. The van der Waals surface area contributed by atoms with E-state index in [9.17, 15) is 19.8 Å². The number of hydrogen-bond acceptors (Lipinski definition) is 10. The van der Waals surface area contributed by atoms with Crippen LogP contribution in [0, 0.1) is 0 Å². The molecule has 2 aliphatic rings. The number of ether oxygens (including phenoxy) is 5. The molecular formula is C29H28N4O9. The fraction of sp³-hybridized carbons (Fsp3) is 0.310. The van der Waals surface area contributed by atoms with Crippen molar-refractivity contribution in [2.75, 3.05) is 52.7 Å². The molecule has 0 aliphatic carbocycles. The van der Waals surface area contributed by atoms with Crippen molar-refractivity contribution >= 4 is 11.9 Å². The molecule has 0 fully saturated rings. The van der Waals surface area contributed by atoms with E-state index >= 15 is 0 Å². The van der Waals surface area contributed by atoms with Gasteiger partial charge < -0.3 is 39.2 Å². The van der Waals surface area contributed by atoms with Crippen LogP contribution in [-0.2, 0) is 24.5 Å². The van der Waals surface area contributed by atoms with Crippen LogP contribution in [0.4, 0.5) is 0 Å². The summed E-state index contributed by atoms with van der Waals surface area (Å²) >= 11 is 0. The van der Waals surface area contributed by atoms with Crippen LogP contribution in [0.15, 0.2) is 59.7 Å². The molecule has 13 heteroatoms. The summed E-state index contributed by atoms with van der Waals surface area (Å²) in [6.45, 7) is 2.57. The summed E-state index contributed by atoms with van der Waals surface area (Å²) in [5, 5.41) is 26.3. The van der Waals surface area contributed by atoms with Crippen molar-refractivity contribution in [3.8, 4) is 23.0 Å². The number of rotatable bonds is 13. The number of phenolic OH excluding ortho intramolecular Hbond substituents is 2. The summed E-state index contributed by atoms with van der Waals surface area (Å²) in [5.74, 6) is -0.537. The maximum absolute atomic E-state index is 13.1. The highest BCUT2D eigenvalue weighted by Gasteiger charge is 2.53. The first-order valence-corrected chi connectivity index (χ1v) is 13.2. The summed E-state index contributed by atoms with van der Waals surface area (Å²) in [7, 11) is 0. The second-order valence-electron chi connectivity index (χ2n) is 9.34. The molecule has 5 rings (SSSR count). The van der Waals surface area contributed by atoms with Gasteiger partial charge in [0.25, 0.3) is 5.91 Å². The quantitative estimate of drug-likeness (QED) is 0.0897. The molecule has 42 heavy (non-hydrogen) atoms. The third kappa shape index (κ3) is 5.80. The van der Waals surface area contributed by atoms with Gasteiger partial charge in [-0.1, -0.05) is 5.11 Å². The Morgan fingerprint density at radius 2 is 1.48 bits per heavy atom. The molecule has 0 unspecified atom stereocenters. The molecule has 1 spiro atoms. The molecule has 0 saturated heterocycles. The summed E-state index contributed by atoms with van der Waals surface area (Å²) in [6, 6.07) is 13.6. The molecule has 0 aromatic heterocycles. The van der Waals surface area contributed by atoms with Gasteiger partial charge in [0, 0.05) is 52.4 Å². The number of carbonyl (C=O) groups excluding carboxylic acids is 2. The molecule has 0 atom stereocenters. The number of phenols is 2. The van der Waals surface area contributed by atoms with Gasteiger partial charge in [-0.3, -0.25) is 4.79 Å². The standard InChI is InChI=1S/C29H28N4O9/c30-33-32-8-10-39-12-14-40-13-11-38-9-7-31-27(36)18-1-4-21-24(15-18)29(42-28(21)37)22-5-2-19(34)16-25(22)41-26-17-20(35)3-6-23(26)29/h1-6,15-17,34-35H,7-14H2,(H,31,36). The van der Waals surface area contributed by atoms with Crippen molar-refractivity contribution in [1.82, 2.24) is 5.32 Å². The lowest BCUT2D eigenvalue weighted by Gasteiger charge is -2.36. The fourth-order valence-electron chi connectivity index (χ4n) is 4.87. The van der Waals surface area contributed by atoms with Gasteiger partial charge >= 0.3 is 5.97 Å². The van der Waals surface area contributed by atoms with E-state index in [-0.39, 0.29) is 54.2 Å². The third-order valence-electron chi connectivity index (χ3n) is 6.71. The Morgan fingerprint density at radius 3 is 2.12 bits per heavy atom. The van der Waals surface area contributed by atoms with Crippen LogP contribution < -0.4 is 10.1 Å². The summed E-state index contributed by atoms with van der Waals surface area (Å²) < 4.78 is 28.1. The van der Waals surface area contributed by atoms with Crippen molar-refractivity contribution in [2.45, 2.75) is 5.60 Å². The normalized spacial score (nSPS) is 13.8. The van der Waals surface area contributed by atoms with Crippen LogP contribution in [0.5, 0.6) is 23.0 Å². The van der Waals surface area contributed by atoms with Gasteiger partial charge in [-0.2, -0.15) is 0 Å². The van der Waals surface area contributed by atoms with E-state index in [1.807, 2.05) is 0 Å². The van der Waals surface area contributed by atoms with Gasteiger partial charge in [-0.25, -0.2) is 4.79 Å². The zero-order chi connectivity index (χ0) is 29.5. The van der Waals surface area contributed by atoms with Crippen molar-refractivity contribution in [3.05, 3.63) is 92.9 Å². The fourth-order valence-corrected chi connectivity index (χ4v) is 4.87. The smallest absolute Gasteiger partial charge is 0.340 e. The minimum atomic E-state index is -1.45. The zero-order valence-electron chi connectivity index (χ0n) is 22.4. The molecule has 2 heterocycles. The molecule has 13 nitrogen and oxygen atoms in total. The van der Waals surface area contributed by atoms with Gasteiger partial charge in [0.2, 0.25) is 0 Å². The summed E-state index contributed by atoms with van der Waals surface area (Å²) in [5.41, 5.74) is 8.71. The molecule has 0 radical (unpaired) electrons. The molecule has 218 valence electrons. The Labute approximate surface area is 240 Å². The van der Waals surface area contributed by atoms with E-state index < -0.39 is 11.6 Å². The molecule has 1 amide bonds. The van der Waals surface area contributed by atoms with Crippen LogP contribution >= 0.6 is 0 Å². The highest BCUT2D eigenvalue weighted by molar-refractivity contribution is 6.00. The number of nitrogens with zero attached hydrogens (tertiary/aromatic N) is 3. The molecule has 2 aliphatic heterocycles. The van der Waals surface area contributed by atoms with Gasteiger partial charge in [0.1, 0.15) is 23.0 Å². The Bertz CT molecular complexity index is 1490. The summed E-state index contributed by atoms with van der Waals surface area (Å²) in [4.78, 5) is 28.7. The number of hydrogen-bond donors (Lipinski definition) is 3. The number of amides is 1. The van der Waals surface area contributed by atoms with Crippen molar-refractivity contribution in [3.63, 3.8) is 0 Å². The van der Waals surface area contributed by atoms with E-state index in [2.05, 4.69) is 15.3 Å². The maximum Gasteiger partial charge on any atom is 0.340 e. The Hall–Kier alpha value is -4.81. The molecule has 3 aromatic carbocycles. The first kappa shape index (κ1) is 28.7. The zero-order valence-corrected chi connectivity index (χ0v) is 22.4. The van der Waals surface area contributed by atoms with E-state index in [4.69, 9.17) is 29.2 Å². The number of esters is 1. The van der Waals surface area contributed by atoms with Crippen LogP contribution in [-0.4, -0.2) is 74.8 Å². The number of carbonyl (C=O) groups is 2. The average Bonchev–Trinajstić information content (AvgIpc) is 3.26. The molecule has 3 N–H and O–H groups in total. The minimum Gasteiger partial charge on any atom is -0.508 e. The van der Waals surface area contributed by atoms with E-state index in [0.717, 1.165) is 0 Å². The van der Waals surface area contributed by atoms with Crippen LogP contribution in [0.3, 0.4) is 0 Å². The van der Waals surface area contributed by atoms with Gasteiger partial charge in [0.15, 0.2) is 5.60 Å². The third-order valence-corrected chi connectivity index (χ3v) is 6.71. The molecule has 3 aromatic rings. The molecular weight excluding hydrogens is 548 g/mol. The van der Waals surface area contributed by atoms with Crippen molar-refractivity contribution < 1.29 is 43.5 Å². The summed E-state index contributed by atoms with van der Waals surface area (Å²) in [6.07, 6.45) is 0. The van der Waals surface area contributed by atoms with E-state index in [1.54, 1.807) is 30.3 Å². The highest BCUT2D eigenvalue weighted by Crippen LogP contribution is 2.57. The highest BCUT2D eigenvalue weighted by atomic mass is 16.6. The van der Waals surface area contributed by atoms with Crippen LogP contribution in [0.25, 0.3) is 10.4 Å². The SMILES string of the molecule is [N-]=[N+]=NCCOCCOCCOCCNC(=O)c1ccc2c(c1)C1(OC2=O)c2ccc(O)cc2Oc2cc(O)ccc21. The lowest BCUT2D eigenvalue weighted by atomic mass is 9.77. The van der Waals surface area contributed by atoms with Crippen LogP contribution in [0.2, 0.25) is 0 Å². The number of azide groups is 1. The Kier molecular flexibility index (Phi) is 8.74. The predicted octanol–water partition coefficient (Wildman–Crippen LogP) is 3.76. The van der Waals surface area contributed by atoms with Gasteiger partial charge in [0.05, 0.1) is 45.2 Å². The van der Waals surface area contributed by atoms with E-state index in [1.165, 1.54) is 24.3 Å². The van der Waals surface area contributed by atoms with Gasteiger partial charge in [-0.15, -0.1) is 0 Å². The first-order valence-electron chi connectivity index (χ1n) is 13.2. The lowest BCUT2D eigenvalue weighted by molar-refractivity contribution is 0.0166. The predicted molar refractivity (Wildman–Crippen MR) is 147 cm³/mol. The first-order chi connectivity index (χ1) is 20.4. The number of fused-ring (bicyclic) bond motifs is 6. The van der Waals surface area contributed by atoms with Crippen molar-refractivity contribution in [2.24, 2.45) is 5.11 Å². The lowest BCUT2D eigenvalue weighted by Crippen LogP contribution is -2.33. The van der Waals surface area contributed by atoms with Crippen molar-refractivity contribution in [1.29, 1.82) is 0 Å². The largest absolute Gasteiger partial charge is 0.508 e. The molecule has 0 bridgehead atoms. The maximum atomic E-state index is 13.1. The van der Waals surface area contributed by atoms with E-state index in [0.29, 0.717) is 55.3 Å². The topological polar surface area (TPSA) is 182 Å². The second kappa shape index (κ2) is 12.8.